The van der Waals surface area contributed by atoms with Crippen LogP contribution in [0.3, 0.4) is 0 Å². The van der Waals surface area contributed by atoms with Gasteiger partial charge in [-0.3, -0.25) is 4.79 Å². The number of halogens is 1. The molecule has 1 aliphatic heterocycles. The second-order valence-corrected chi connectivity index (χ2v) is 4.87. The molecule has 0 aromatic heterocycles. The summed E-state index contributed by atoms with van der Waals surface area (Å²) in [5, 5.41) is 4.79. The van der Waals surface area contributed by atoms with Crippen LogP contribution in [0, 0.1) is 0 Å². The van der Waals surface area contributed by atoms with E-state index in [1.54, 1.807) is 24.3 Å². The third-order valence-corrected chi connectivity index (χ3v) is 3.24. The largest absolute Gasteiger partial charge is 0.306 e. The number of nitrogens with zero attached hydrogens (tertiary/aromatic N) is 2. The van der Waals surface area contributed by atoms with Crippen LogP contribution >= 0.6 is 11.6 Å². The molecule has 0 bridgehead atoms. The standard InChI is InChI=1S/C13H16ClN3O/c1-17-8-6-12(7-9-17)15-16-13(18)10-2-4-11(14)5-3-10/h2-5H,6-9H2,1H3,(H,16,18). The summed E-state index contributed by atoms with van der Waals surface area (Å²) in [5.74, 6) is -0.196. The summed E-state index contributed by atoms with van der Waals surface area (Å²) in [6.07, 6.45) is 1.83. The molecule has 2 rings (SSSR count). The Hall–Kier alpha value is -1.39. The molecule has 96 valence electrons. The van der Waals surface area contributed by atoms with Crippen LogP contribution in [-0.2, 0) is 0 Å². The minimum atomic E-state index is -0.196. The number of hydrogen-bond donors (Lipinski definition) is 1. The molecule has 1 aromatic carbocycles. The fraction of sp³-hybridized carbons (Fsp3) is 0.385. The van der Waals surface area contributed by atoms with Crippen LogP contribution in [0.25, 0.3) is 0 Å². The monoisotopic (exact) mass is 265 g/mol. The number of piperidine rings is 1. The SMILES string of the molecule is CN1CCC(=NNC(=O)c2ccc(Cl)cc2)CC1. The molecule has 1 amide bonds. The van der Waals surface area contributed by atoms with Crippen LogP contribution < -0.4 is 5.43 Å². The Bertz CT molecular complexity index is 446. The second kappa shape index (κ2) is 5.98. The summed E-state index contributed by atoms with van der Waals surface area (Å²) < 4.78 is 0. The average molecular weight is 266 g/mol. The van der Waals surface area contributed by atoms with Gasteiger partial charge in [-0.1, -0.05) is 11.6 Å². The number of nitrogens with one attached hydrogen (secondary N) is 1. The smallest absolute Gasteiger partial charge is 0.271 e. The zero-order valence-electron chi connectivity index (χ0n) is 10.3. The van der Waals surface area contributed by atoms with Crippen molar-refractivity contribution in [1.29, 1.82) is 0 Å². The third kappa shape index (κ3) is 3.55. The van der Waals surface area contributed by atoms with Gasteiger partial charge in [0.25, 0.3) is 5.91 Å². The Kier molecular flexibility index (Phi) is 4.33. The van der Waals surface area contributed by atoms with Crippen LogP contribution in [0.1, 0.15) is 23.2 Å². The highest BCUT2D eigenvalue weighted by Crippen LogP contribution is 2.09. The number of hydrogen-bond acceptors (Lipinski definition) is 3. The number of rotatable bonds is 2. The molecule has 0 aliphatic carbocycles. The van der Waals surface area contributed by atoms with Gasteiger partial charge >= 0.3 is 0 Å². The van der Waals surface area contributed by atoms with E-state index in [9.17, 15) is 4.79 Å². The lowest BCUT2D eigenvalue weighted by Crippen LogP contribution is -2.32. The average Bonchev–Trinajstić information content (AvgIpc) is 2.38. The van der Waals surface area contributed by atoms with Crippen LogP contribution in [0.15, 0.2) is 29.4 Å². The lowest BCUT2D eigenvalue weighted by atomic mass is 10.1. The van der Waals surface area contributed by atoms with Gasteiger partial charge in [-0.15, -0.1) is 0 Å². The van der Waals surface area contributed by atoms with Gasteiger partial charge in [0, 0.05) is 42.2 Å². The molecule has 0 atom stereocenters. The first kappa shape index (κ1) is 13.1. The highest BCUT2D eigenvalue weighted by Gasteiger charge is 2.11. The molecule has 1 aromatic rings. The zero-order chi connectivity index (χ0) is 13.0. The molecule has 0 spiro atoms. The molecule has 0 saturated carbocycles. The van der Waals surface area contributed by atoms with E-state index in [4.69, 9.17) is 11.6 Å². The first-order valence-corrected chi connectivity index (χ1v) is 6.33. The summed E-state index contributed by atoms with van der Waals surface area (Å²) in [6.45, 7) is 1.99. The molecule has 4 nitrogen and oxygen atoms in total. The van der Waals surface area contributed by atoms with E-state index in [1.165, 1.54) is 0 Å². The Morgan fingerprint density at radius 1 is 1.28 bits per heavy atom. The summed E-state index contributed by atoms with van der Waals surface area (Å²) in [4.78, 5) is 14.0. The van der Waals surface area contributed by atoms with E-state index in [-0.39, 0.29) is 5.91 Å². The maximum atomic E-state index is 11.8. The highest BCUT2D eigenvalue weighted by atomic mass is 35.5. The molecule has 1 fully saturated rings. The molecule has 1 N–H and O–H groups in total. The van der Waals surface area contributed by atoms with Crippen molar-refractivity contribution in [3.63, 3.8) is 0 Å². The van der Waals surface area contributed by atoms with E-state index >= 15 is 0 Å². The lowest BCUT2D eigenvalue weighted by Gasteiger charge is -2.22. The van der Waals surface area contributed by atoms with Gasteiger partial charge in [0.2, 0.25) is 0 Å². The maximum Gasteiger partial charge on any atom is 0.271 e. The van der Waals surface area contributed by atoms with Crippen molar-refractivity contribution >= 4 is 23.2 Å². The van der Waals surface area contributed by atoms with E-state index in [2.05, 4.69) is 22.5 Å². The van der Waals surface area contributed by atoms with E-state index in [0.29, 0.717) is 10.6 Å². The zero-order valence-corrected chi connectivity index (χ0v) is 11.1. The van der Waals surface area contributed by atoms with E-state index in [1.807, 2.05) is 0 Å². The van der Waals surface area contributed by atoms with Gasteiger partial charge in [-0.05, 0) is 31.3 Å². The molecule has 0 unspecified atom stereocenters. The van der Waals surface area contributed by atoms with Crippen molar-refractivity contribution in [3.8, 4) is 0 Å². The fourth-order valence-corrected chi connectivity index (χ4v) is 1.91. The van der Waals surface area contributed by atoms with E-state index in [0.717, 1.165) is 31.6 Å². The maximum absolute atomic E-state index is 11.8. The number of carbonyl (C=O) groups excluding carboxylic acids is 1. The van der Waals surface area contributed by atoms with Crippen LogP contribution in [0.5, 0.6) is 0 Å². The van der Waals surface area contributed by atoms with Gasteiger partial charge in [-0.2, -0.15) is 5.10 Å². The Morgan fingerprint density at radius 3 is 2.50 bits per heavy atom. The minimum Gasteiger partial charge on any atom is -0.306 e. The van der Waals surface area contributed by atoms with Crippen molar-refractivity contribution in [1.82, 2.24) is 10.3 Å². The molecular formula is C13H16ClN3O. The van der Waals surface area contributed by atoms with Crippen molar-refractivity contribution in [3.05, 3.63) is 34.9 Å². The van der Waals surface area contributed by atoms with Crippen LogP contribution in [0.4, 0.5) is 0 Å². The number of hydrazone groups is 1. The van der Waals surface area contributed by atoms with Crippen LogP contribution in [0.2, 0.25) is 5.02 Å². The first-order chi connectivity index (χ1) is 8.65. The van der Waals surface area contributed by atoms with Crippen LogP contribution in [-0.4, -0.2) is 36.7 Å². The molecule has 0 radical (unpaired) electrons. The summed E-state index contributed by atoms with van der Waals surface area (Å²) in [6, 6.07) is 6.76. The Balaban J connectivity index is 1.92. The van der Waals surface area contributed by atoms with Gasteiger partial charge in [0.1, 0.15) is 0 Å². The molecule has 1 aliphatic rings. The summed E-state index contributed by atoms with van der Waals surface area (Å²) in [5.41, 5.74) is 4.21. The Labute approximate surface area is 112 Å². The van der Waals surface area contributed by atoms with Gasteiger partial charge in [-0.25, -0.2) is 5.43 Å². The normalized spacial score (nSPS) is 16.4. The number of amides is 1. The topological polar surface area (TPSA) is 44.7 Å². The molecule has 5 heteroatoms. The van der Waals surface area contributed by atoms with Crippen molar-refractivity contribution in [2.24, 2.45) is 5.10 Å². The second-order valence-electron chi connectivity index (χ2n) is 4.43. The molecule has 1 heterocycles. The van der Waals surface area contributed by atoms with Gasteiger partial charge in [0.05, 0.1) is 0 Å². The van der Waals surface area contributed by atoms with E-state index < -0.39 is 0 Å². The predicted molar refractivity (Wildman–Crippen MR) is 73.1 cm³/mol. The van der Waals surface area contributed by atoms with Crippen molar-refractivity contribution in [2.45, 2.75) is 12.8 Å². The predicted octanol–water partition coefficient (Wildman–Crippen LogP) is 2.15. The lowest BCUT2D eigenvalue weighted by molar-refractivity contribution is 0.0954. The summed E-state index contributed by atoms with van der Waals surface area (Å²) >= 11 is 5.76. The third-order valence-electron chi connectivity index (χ3n) is 2.99. The molecule has 1 saturated heterocycles. The number of carbonyl (C=O) groups is 1. The Morgan fingerprint density at radius 2 is 1.89 bits per heavy atom. The summed E-state index contributed by atoms with van der Waals surface area (Å²) in [7, 11) is 2.09. The highest BCUT2D eigenvalue weighted by molar-refractivity contribution is 6.30. The first-order valence-electron chi connectivity index (χ1n) is 5.95. The minimum absolute atomic E-state index is 0.196. The van der Waals surface area contributed by atoms with Gasteiger partial charge < -0.3 is 4.90 Å². The van der Waals surface area contributed by atoms with Crippen molar-refractivity contribution in [2.75, 3.05) is 20.1 Å². The number of benzene rings is 1. The van der Waals surface area contributed by atoms with Gasteiger partial charge in [0.15, 0.2) is 0 Å². The molecular weight excluding hydrogens is 250 g/mol. The fourth-order valence-electron chi connectivity index (χ4n) is 1.78. The molecule has 18 heavy (non-hydrogen) atoms. The van der Waals surface area contributed by atoms with Crippen molar-refractivity contribution < 1.29 is 4.79 Å². The number of likely N-dealkylation sites (tertiary alicyclic amines) is 1. The quantitative estimate of drug-likeness (QED) is 0.833.